The second-order valence-electron chi connectivity index (χ2n) is 5.60. The number of aliphatic carboxylic acids is 1. The number of carboxylic acids is 1. The van der Waals surface area contributed by atoms with E-state index in [0.717, 1.165) is 17.1 Å². The number of carbonyl (C=O) groups excluding carboxylic acids is 1. The molecule has 0 fully saturated rings. The van der Waals surface area contributed by atoms with E-state index in [1.165, 1.54) is 0 Å². The van der Waals surface area contributed by atoms with Crippen LogP contribution in [0.4, 0.5) is 0 Å². The maximum Gasteiger partial charge on any atom is 0.308 e. The summed E-state index contributed by atoms with van der Waals surface area (Å²) in [6, 6.07) is 12.3. The molecular formula is C18H21NO4. The van der Waals surface area contributed by atoms with Crippen molar-refractivity contribution in [2.24, 2.45) is 5.92 Å². The molecule has 0 aliphatic heterocycles. The fourth-order valence-corrected chi connectivity index (χ4v) is 2.40. The quantitative estimate of drug-likeness (QED) is 0.823. The maximum absolute atomic E-state index is 12.2. The van der Waals surface area contributed by atoms with Gasteiger partial charge < -0.3 is 14.8 Å². The molecule has 1 aromatic carbocycles. The summed E-state index contributed by atoms with van der Waals surface area (Å²) in [5.41, 5.74) is 0.782. The number of furan rings is 1. The second kappa shape index (κ2) is 7.63. The lowest BCUT2D eigenvalue weighted by Crippen LogP contribution is -2.35. The molecule has 0 unspecified atom stereocenters. The van der Waals surface area contributed by atoms with E-state index in [0.29, 0.717) is 6.42 Å². The molecule has 122 valence electrons. The number of hydrogen-bond acceptors (Lipinski definition) is 3. The predicted octanol–water partition coefficient (Wildman–Crippen LogP) is 3.10. The van der Waals surface area contributed by atoms with Gasteiger partial charge >= 0.3 is 5.97 Å². The Morgan fingerprint density at radius 1 is 1.17 bits per heavy atom. The van der Waals surface area contributed by atoms with Gasteiger partial charge in [0.05, 0.1) is 12.0 Å². The van der Waals surface area contributed by atoms with Crippen LogP contribution < -0.4 is 5.32 Å². The van der Waals surface area contributed by atoms with E-state index < -0.39 is 17.9 Å². The summed E-state index contributed by atoms with van der Waals surface area (Å²) in [5, 5.41) is 12.1. The first kappa shape index (κ1) is 16.8. The van der Waals surface area contributed by atoms with E-state index >= 15 is 0 Å². The SMILES string of the molecule is Cc1ccc(CCC(=O)N[C@@H](c2ccccc2)[C@H](C)C(=O)O)o1. The minimum atomic E-state index is -0.944. The summed E-state index contributed by atoms with van der Waals surface area (Å²) in [6.07, 6.45) is 0.741. The summed E-state index contributed by atoms with van der Waals surface area (Å²) in [7, 11) is 0. The van der Waals surface area contributed by atoms with Gasteiger partial charge in [-0.3, -0.25) is 9.59 Å². The van der Waals surface area contributed by atoms with Crippen molar-refractivity contribution in [3.63, 3.8) is 0 Å². The van der Waals surface area contributed by atoms with Crippen LogP contribution in [0.25, 0.3) is 0 Å². The third-order valence-corrected chi connectivity index (χ3v) is 3.76. The van der Waals surface area contributed by atoms with Crippen LogP contribution in [-0.4, -0.2) is 17.0 Å². The first-order valence-corrected chi connectivity index (χ1v) is 7.60. The van der Waals surface area contributed by atoms with Gasteiger partial charge in [0.25, 0.3) is 0 Å². The van der Waals surface area contributed by atoms with Gasteiger partial charge in [-0.1, -0.05) is 30.3 Å². The number of aryl methyl sites for hydroxylation is 2. The molecule has 1 heterocycles. The summed E-state index contributed by atoms with van der Waals surface area (Å²) in [4.78, 5) is 23.5. The number of carboxylic acid groups (broad SMARTS) is 1. The Labute approximate surface area is 135 Å². The number of rotatable bonds is 7. The zero-order valence-corrected chi connectivity index (χ0v) is 13.3. The Morgan fingerprint density at radius 3 is 2.43 bits per heavy atom. The summed E-state index contributed by atoms with van der Waals surface area (Å²) >= 11 is 0. The number of benzene rings is 1. The molecular weight excluding hydrogens is 294 g/mol. The molecule has 0 aliphatic carbocycles. The van der Waals surface area contributed by atoms with Gasteiger partial charge in [-0.25, -0.2) is 0 Å². The van der Waals surface area contributed by atoms with Crippen molar-refractivity contribution in [3.05, 3.63) is 59.5 Å². The smallest absolute Gasteiger partial charge is 0.308 e. The van der Waals surface area contributed by atoms with Crippen molar-refractivity contribution in [1.82, 2.24) is 5.32 Å². The molecule has 23 heavy (non-hydrogen) atoms. The molecule has 2 rings (SSSR count). The van der Waals surface area contributed by atoms with E-state index in [2.05, 4.69) is 5.32 Å². The zero-order chi connectivity index (χ0) is 16.8. The Kier molecular flexibility index (Phi) is 5.57. The fraction of sp³-hybridized carbons (Fsp3) is 0.333. The summed E-state index contributed by atoms with van der Waals surface area (Å²) < 4.78 is 5.44. The average molecular weight is 315 g/mol. The molecule has 0 saturated carbocycles. The summed E-state index contributed by atoms with van der Waals surface area (Å²) in [5.74, 6) is -0.295. The second-order valence-corrected chi connectivity index (χ2v) is 5.60. The van der Waals surface area contributed by atoms with Crippen LogP contribution in [0.2, 0.25) is 0 Å². The number of amides is 1. The van der Waals surface area contributed by atoms with Crippen LogP contribution in [0.15, 0.2) is 46.9 Å². The van der Waals surface area contributed by atoms with Crippen molar-refractivity contribution < 1.29 is 19.1 Å². The van der Waals surface area contributed by atoms with Gasteiger partial charge in [-0.2, -0.15) is 0 Å². The van der Waals surface area contributed by atoms with E-state index in [4.69, 9.17) is 4.42 Å². The third kappa shape index (κ3) is 4.71. The molecule has 2 N–H and O–H groups in total. The van der Waals surface area contributed by atoms with Crippen molar-refractivity contribution >= 4 is 11.9 Å². The minimum Gasteiger partial charge on any atom is -0.481 e. The standard InChI is InChI=1S/C18H21NO4/c1-12-8-9-15(23-12)10-11-16(20)19-17(13(2)18(21)22)14-6-4-3-5-7-14/h3-9,13,17H,10-11H2,1-2H3,(H,19,20)(H,21,22)/t13-,17+/m0/s1. The Morgan fingerprint density at radius 2 is 1.87 bits per heavy atom. The number of hydrogen-bond donors (Lipinski definition) is 2. The van der Waals surface area contributed by atoms with Gasteiger partial charge in [-0.15, -0.1) is 0 Å². The molecule has 1 aromatic heterocycles. The molecule has 2 aromatic rings. The molecule has 2 atom stereocenters. The normalized spacial score (nSPS) is 13.3. The van der Waals surface area contributed by atoms with Gasteiger partial charge in [0.1, 0.15) is 11.5 Å². The van der Waals surface area contributed by atoms with Crippen molar-refractivity contribution in [2.75, 3.05) is 0 Å². The lowest BCUT2D eigenvalue weighted by Gasteiger charge is -2.23. The van der Waals surface area contributed by atoms with E-state index in [-0.39, 0.29) is 12.3 Å². The molecule has 0 radical (unpaired) electrons. The largest absolute Gasteiger partial charge is 0.481 e. The highest BCUT2D eigenvalue weighted by Crippen LogP contribution is 2.22. The van der Waals surface area contributed by atoms with E-state index in [1.807, 2.05) is 49.4 Å². The Hall–Kier alpha value is -2.56. The zero-order valence-electron chi connectivity index (χ0n) is 13.3. The van der Waals surface area contributed by atoms with Crippen LogP contribution in [0, 0.1) is 12.8 Å². The number of nitrogens with one attached hydrogen (secondary N) is 1. The van der Waals surface area contributed by atoms with Gasteiger partial charge in [0.2, 0.25) is 5.91 Å². The molecule has 0 spiro atoms. The highest BCUT2D eigenvalue weighted by Gasteiger charge is 2.26. The summed E-state index contributed by atoms with van der Waals surface area (Å²) in [6.45, 7) is 3.44. The van der Waals surface area contributed by atoms with Crippen molar-refractivity contribution in [3.8, 4) is 0 Å². The monoisotopic (exact) mass is 315 g/mol. The average Bonchev–Trinajstić information content (AvgIpc) is 2.96. The molecule has 5 nitrogen and oxygen atoms in total. The van der Waals surface area contributed by atoms with Crippen LogP contribution >= 0.6 is 0 Å². The van der Waals surface area contributed by atoms with Crippen LogP contribution in [-0.2, 0) is 16.0 Å². The minimum absolute atomic E-state index is 0.194. The van der Waals surface area contributed by atoms with Gasteiger partial charge in [0.15, 0.2) is 0 Å². The third-order valence-electron chi connectivity index (χ3n) is 3.76. The molecule has 0 bridgehead atoms. The lowest BCUT2D eigenvalue weighted by atomic mass is 9.94. The Bertz CT molecular complexity index is 663. The predicted molar refractivity (Wildman–Crippen MR) is 85.9 cm³/mol. The van der Waals surface area contributed by atoms with Crippen molar-refractivity contribution in [2.45, 2.75) is 32.7 Å². The molecule has 0 saturated heterocycles. The molecule has 5 heteroatoms. The van der Waals surface area contributed by atoms with E-state index in [9.17, 15) is 14.7 Å². The highest BCUT2D eigenvalue weighted by atomic mass is 16.4. The van der Waals surface area contributed by atoms with Crippen LogP contribution in [0.5, 0.6) is 0 Å². The topological polar surface area (TPSA) is 79.5 Å². The lowest BCUT2D eigenvalue weighted by molar-refractivity contribution is -0.142. The Balaban J connectivity index is 2.02. The molecule has 1 amide bonds. The van der Waals surface area contributed by atoms with Gasteiger partial charge in [0, 0.05) is 12.8 Å². The molecule has 0 aliphatic rings. The van der Waals surface area contributed by atoms with E-state index in [1.54, 1.807) is 6.92 Å². The van der Waals surface area contributed by atoms with Gasteiger partial charge in [-0.05, 0) is 31.5 Å². The van der Waals surface area contributed by atoms with Crippen LogP contribution in [0.1, 0.15) is 36.5 Å². The first-order chi connectivity index (χ1) is 11.0. The van der Waals surface area contributed by atoms with Crippen molar-refractivity contribution in [1.29, 1.82) is 0 Å². The maximum atomic E-state index is 12.2. The number of carbonyl (C=O) groups is 2. The fourth-order valence-electron chi connectivity index (χ4n) is 2.40. The highest BCUT2D eigenvalue weighted by molar-refractivity contribution is 5.78. The van der Waals surface area contributed by atoms with Crippen LogP contribution in [0.3, 0.4) is 0 Å². The first-order valence-electron chi connectivity index (χ1n) is 7.60.